The van der Waals surface area contributed by atoms with Crippen LogP contribution in [0.1, 0.15) is 25.3 Å². The first-order valence-electron chi connectivity index (χ1n) is 9.22. The number of esters is 1. The smallest absolute Gasteiger partial charge is 0.308 e. The summed E-state index contributed by atoms with van der Waals surface area (Å²) in [6.07, 6.45) is 4.76. The molecule has 1 aliphatic heterocycles. The number of carbonyl (C=O) groups is 2. The maximum atomic E-state index is 12.5. The largest absolute Gasteiger partial charge is 0.427 e. The lowest BCUT2D eigenvalue weighted by molar-refractivity contribution is -0.131. The second-order valence-electron chi connectivity index (χ2n) is 6.62. The molecule has 8 heteroatoms. The second kappa shape index (κ2) is 9.02. The summed E-state index contributed by atoms with van der Waals surface area (Å²) in [5.41, 5.74) is 1.27. The van der Waals surface area contributed by atoms with Gasteiger partial charge in [0.05, 0.1) is 4.90 Å². The van der Waals surface area contributed by atoms with E-state index in [2.05, 4.69) is 5.32 Å². The topological polar surface area (TPSA) is 92.8 Å². The summed E-state index contributed by atoms with van der Waals surface area (Å²) in [6.45, 7) is 2.42. The van der Waals surface area contributed by atoms with Crippen LogP contribution in [0.4, 0.5) is 5.69 Å². The lowest BCUT2D eigenvalue weighted by Gasteiger charge is -2.15. The van der Waals surface area contributed by atoms with Gasteiger partial charge in [-0.2, -0.15) is 4.31 Å². The highest BCUT2D eigenvalue weighted by Gasteiger charge is 2.26. The number of sulfonamides is 1. The van der Waals surface area contributed by atoms with E-state index in [9.17, 15) is 18.0 Å². The molecule has 1 N–H and O–H groups in total. The van der Waals surface area contributed by atoms with E-state index in [4.69, 9.17) is 4.74 Å². The number of hydrogen-bond acceptors (Lipinski definition) is 5. The third kappa shape index (κ3) is 5.52. The summed E-state index contributed by atoms with van der Waals surface area (Å²) in [4.78, 5) is 23.2. The van der Waals surface area contributed by atoms with Crippen molar-refractivity contribution in [2.75, 3.05) is 18.4 Å². The zero-order chi connectivity index (χ0) is 20.9. The minimum Gasteiger partial charge on any atom is -0.427 e. The summed E-state index contributed by atoms with van der Waals surface area (Å²) in [6, 6.07) is 12.9. The molecule has 0 saturated carbocycles. The summed E-state index contributed by atoms with van der Waals surface area (Å²) >= 11 is 0. The van der Waals surface area contributed by atoms with E-state index < -0.39 is 16.0 Å². The SMILES string of the molecule is CC(=O)Oc1ccc(/C=C/C(=O)Nc2ccc(S(=O)(=O)N3CCCC3)cc2)cc1. The highest BCUT2D eigenvalue weighted by Crippen LogP contribution is 2.22. The molecule has 0 spiro atoms. The van der Waals surface area contributed by atoms with Gasteiger partial charge in [0.1, 0.15) is 5.75 Å². The normalized spacial score (nSPS) is 14.8. The highest BCUT2D eigenvalue weighted by molar-refractivity contribution is 7.89. The first-order chi connectivity index (χ1) is 13.8. The number of carbonyl (C=O) groups excluding carboxylic acids is 2. The van der Waals surface area contributed by atoms with Crippen LogP contribution in [0.25, 0.3) is 6.08 Å². The number of ether oxygens (including phenoxy) is 1. The second-order valence-corrected chi connectivity index (χ2v) is 8.56. The van der Waals surface area contributed by atoms with E-state index in [0.29, 0.717) is 24.5 Å². The number of nitrogens with zero attached hydrogens (tertiary/aromatic N) is 1. The van der Waals surface area contributed by atoms with Gasteiger partial charge in [-0.25, -0.2) is 8.42 Å². The van der Waals surface area contributed by atoms with Gasteiger partial charge in [-0.15, -0.1) is 0 Å². The molecule has 1 heterocycles. The molecule has 7 nitrogen and oxygen atoms in total. The Morgan fingerprint density at radius 1 is 1.00 bits per heavy atom. The van der Waals surface area contributed by atoms with E-state index in [1.807, 2.05) is 0 Å². The van der Waals surface area contributed by atoms with Gasteiger partial charge < -0.3 is 10.1 Å². The molecule has 2 aromatic rings. The van der Waals surface area contributed by atoms with Crippen molar-refractivity contribution in [3.05, 3.63) is 60.2 Å². The fourth-order valence-electron chi connectivity index (χ4n) is 2.96. The zero-order valence-corrected chi connectivity index (χ0v) is 16.8. The lowest BCUT2D eigenvalue weighted by atomic mass is 10.2. The van der Waals surface area contributed by atoms with Crippen LogP contribution >= 0.6 is 0 Å². The maximum absolute atomic E-state index is 12.5. The molecule has 1 saturated heterocycles. The Balaban J connectivity index is 1.59. The number of nitrogens with one attached hydrogen (secondary N) is 1. The Kier molecular flexibility index (Phi) is 6.46. The quantitative estimate of drug-likeness (QED) is 0.446. The minimum atomic E-state index is -3.47. The average Bonchev–Trinajstić information content (AvgIpc) is 3.23. The molecule has 1 fully saturated rings. The van der Waals surface area contributed by atoms with E-state index in [1.165, 1.54) is 29.4 Å². The fourth-order valence-corrected chi connectivity index (χ4v) is 4.47. The van der Waals surface area contributed by atoms with Crippen LogP contribution in [0.15, 0.2) is 59.5 Å². The molecule has 1 amide bonds. The van der Waals surface area contributed by atoms with Crippen LogP contribution in [-0.4, -0.2) is 37.7 Å². The van der Waals surface area contributed by atoms with Gasteiger partial charge in [0.25, 0.3) is 0 Å². The van der Waals surface area contributed by atoms with Crippen molar-refractivity contribution in [2.24, 2.45) is 0 Å². The highest BCUT2D eigenvalue weighted by atomic mass is 32.2. The van der Waals surface area contributed by atoms with Crippen LogP contribution in [0, 0.1) is 0 Å². The molecule has 2 aromatic carbocycles. The summed E-state index contributed by atoms with van der Waals surface area (Å²) in [7, 11) is -3.47. The zero-order valence-electron chi connectivity index (χ0n) is 16.0. The Morgan fingerprint density at radius 3 is 2.21 bits per heavy atom. The Labute approximate surface area is 170 Å². The van der Waals surface area contributed by atoms with Gasteiger partial charge in [-0.3, -0.25) is 9.59 Å². The number of benzene rings is 2. The van der Waals surface area contributed by atoms with Crippen molar-refractivity contribution in [1.82, 2.24) is 4.31 Å². The Morgan fingerprint density at radius 2 is 1.62 bits per heavy atom. The molecule has 0 aromatic heterocycles. The van der Waals surface area contributed by atoms with Gasteiger partial charge in [0.2, 0.25) is 15.9 Å². The molecule has 0 atom stereocenters. The number of rotatable bonds is 6. The van der Waals surface area contributed by atoms with Crippen LogP contribution in [-0.2, 0) is 19.6 Å². The predicted molar refractivity (Wildman–Crippen MR) is 110 cm³/mol. The van der Waals surface area contributed by atoms with E-state index in [-0.39, 0.29) is 10.8 Å². The van der Waals surface area contributed by atoms with Crippen LogP contribution < -0.4 is 10.1 Å². The summed E-state index contributed by atoms with van der Waals surface area (Å²) in [5.74, 6) is -0.306. The standard InChI is InChI=1S/C21H22N2O5S/c1-16(24)28-19-9-4-17(5-10-19)6-13-21(25)22-18-7-11-20(12-8-18)29(26,27)23-14-2-3-15-23/h4-13H,2-3,14-15H2,1H3,(H,22,25)/b13-6+. The van der Waals surface area contributed by atoms with Crippen LogP contribution in [0.3, 0.4) is 0 Å². The van der Waals surface area contributed by atoms with E-state index in [1.54, 1.807) is 42.5 Å². The molecular weight excluding hydrogens is 392 g/mol. The molecule has 0 radical (unpaired) electrons. The Hall–Kier alpha value is -2.97. The summed E-state index contributed by atoms with van der Waals surface area (Å²) < 4.78 is 31.5. The number of amides is 1. The monoisotopic (exact) mass is 414 g/mol. The molecule has 0 aliphatic carbocycles. The predicted octanol–water partition coefficient (Wildman–Crippen LogP) is 3.05. The van der Waals surface area contributed by atoms with Crippen molar-refractivity contribution in [2.45, 2.75) is 24.7 Å². The van der Waals surface area contributed by atoms with Crippen molar-refractivity contribution >= 4 is 33.7 Å². The van der Waals surface area contributed by atoms with Gasteiger partial charge in [-0.1, -0.05) is 12.1 Å². The molecule has 1 aliphatic rings. The molecule has 29 heavy (non-hydrogen) atoms. The van der Waals surface area contributed by atoms with Gasteiger partial charge in [0, 0.05) is 31.8 Å². The van der Waals surface area contributed by atoms with E-state index >= 15 is 0 Å². The molecule has 3 rings (SSSR count). The van der Waals surface area contributed by atoms with E-state index in [0.717, 1.165) is 18.4 Å². The number of anilines is 1. The molecular formula is C21H22N2O5S. The lowest BCUT2D eigenvalue weighted by Crippen LogP contribution is -2.27. The van der Waals surface area contributed by atoms with Gasteiger partial charge >= 0.3 is 5.97 Å². The van der Waals surface area contributed by atoms with Crippen molar-refractivity contribution in [3.8, 4) is 5.75 Å². The van der Waals surface area contributed by atoms with Gasteiger partial charge in [0.15, 0.2) is 0 Å². The Bertz CT molecular complexity index is 1010. The van der Waals surface area contributed by atoms with Crippen molar-refractivity contribution in [1.29, 1.82) is 0 Å². The van der Waals surface area contributed by atoms with Crippen LogP contribution in [0.5, 0.6) is 5.75 Å². The first-order valence-corrected chi connectivity index (χ1v) is 10.7. The molecule has 0 unspecified atom stereocenters. The van der Waals surface area contributed by atoms with Crippen molar-refractivity contribution in [3.63, 3.8) is 0 Å². The van der Waals surface area contributed by atoms with Crippen LogP contribution in [0.2, 0.25) is 0 Å². The molecule has 152 valence electrons. The first kappa shape index (κ1) is 20.8. The third-order valence-electron chi connectivity index (χ3n) is 4.39. The number of hydrogen-bond donors (Lipinski definition) is 1. The summed E-state index contributed by atoms with van der Waals surface area (Å²) in [5, 5.41) is 2.69. The molecule has 0 bridgehead atoms. The fraction of sp³-hybridized carbons (Fsp3) is 0.238. The van der Waals surface area contributed by atoms with Gasteiger partial charge in [-0.05, 0) is 60.9 Å². The minimum absolute atomic E-state index is 0.223. The maximum Gasteiger partial charge on any atom is 0.308 e. The van der Waals surface area contributed by atoms with Crippen molar-refractivity contribution < 1.29 is 22.7 Å². The average molecular weight is 414 g/mol. The third-order valence-corrected chi connectivity index (χ3v) is 6.31.